The standard InChI is InChI=1S/C10H19N5S/c1-4-12-8-5-9(15-10(11)14-8)13-7(2)6-16-3/h5,7H,4,6H2,1-3H3,(H4,11,12,13,14,15). The zero-order valence-corrected chi connectivity index (χ0v) is 10.8. The lowest BCUT2D eigenvalue weighted by molar-refractivity contribution is 0.901. The first-order chi connectivity index (χ1) is 7.65. The van der Waals surface area contributed by atoms with Gasteiger partial charge in [0.1, 0.15) is 11.6 Å². The summed E-state index contributed by atoms with van der Waals surface area (Å²) in [6, 6.07) is 2.23. The van der Waals surface area contributed by atoms with Gasteiger partial charge in [-0.05, 0) is 20.1 Å². The molecular weight excluding hydrogens is 222 g/mol. The average Bonchev–Trinajstić information content (AvgIpc) is 2.17. The predicted molar refractivity (Wildman–Crippen MR) is 72.1 cm³/mol. The molecule has 0 spiro atoms. The lowest BCUT2D eigenvalue weighted by atomic mass is 10.4. The second-order valence-corrected chi connectivity index (χ2v) is 4.44. The normalized spacial score (nSPS) is 12.2. The van der Waals surface area contributed by atoms with Crippen molar-refractivity contribution in [3.63, 3.8) is 0 Å². The average molecular weight is 241 g/mol. The van der Waals surface area contributed by atoms with Gasteiger partial charge in [0, 0.05) is 24.4 Å². The summed E-state index contributed by atoms with van der Waals surface area (Å²) in [7, 11) is 0. The fraction of sp³-hybridized carbons (Fsp3) is 0.600. The summed E-state index contributed by atoms with van der Waals surface area (Å²) in [5.74, 6) is 2.84. The summed E-state index contributed by atoms with van der Waals surface area (Å²) in [6.07, 6.45) is 2.08. The van der Waals surface area contributed by atoms with Crippen LogP contribution in [0.4, 0.5) is 17.6 Å². The van der Waals surface area contributed by atoms with Crippen molar-refractivity contribution in [1.82, 2.24) is 9.97 Å². The van der Waals surface area contributed by atoms with Crippen molar-refractivity contribution in [1.29, 1.82) is 0 Å². The molecule has 4 N–H and O–H groups in total. The highest BCUT2D eigenvalue weighted by Crippen LogP contribution is 2.14. The van der Waals surface area contributed by atoms with Crippen molar-refractivity contribution in [3.05, 3.63) is 6.07 Å². The number of rotatable bonds is 6. The molecule has 0 fully saturated rings. The van der Waals surface area contributed by atoms with Crippen molar-refractivity contribution < 1.29 is 0 Å². The largest absolute Gasteiger partial charge is 0.370 e. The lowest BCUT2D eigenvalue weighted by Crippen LogP contribution is -2.19. The van der Waals surface area contributed by atoms with E-state index in [1.807, 2.05) is 13.0 Å². The van der Waals surface area contributed by atoms with E-state index in [1.54, 1.807) is 11.8 Å². The number of aromatic nitrogens is 2. The van der Waals surface area contributed by atoms with E-state index in [9.17, 15) is 0 Å². The van der Waals surface area contributed by atoms with Gasteiger partial charge < -0.3 is 16.4 Å². The third kappa shape index (κ3) is 4.14. The van der Waals surface area contributed by atoms with E-state index in [-0.39, 0.29) is 5.95 Å². The number of nitrogen functional groups attached to an aromatic ring is 1. The maximum Gasteiger partial charge on any atom is 0.223 e. The van der Waals surface area contributed by atoms with Crippen molar-refractivity contribution in [2.45, 2.75) is 19.9 Å². The van der Waals surface area contributed by atoms with Crippen LogP contribution in [0, 0.1) is 0 Å². The van der Waals surface area contributed by atoms with Crippen LogP contribution >= 0.6 is 11.8 Å². The SMILES string of the molecule is CCNc1cc(NC(C)CSC)nc(N)n1. The number of anilines is 3. The summed E-state index contributed by atoms with van der Waals surface area (Å²) >= 11 is 1.79. The van der Waals surface area contributed by atoms with Crippen LogP contribution in [0.5, 0.6) is 0 Å². The molecule has 0 aliphatic heterocycles. The molecule has 0 aromatic carbocycles. The molecule has 1 rings (SSSR count). The Morgan fingerprint density at radius 3 is 2.75 bits per heavy atom. The van der Waals surface area contributed by atoms with Crippen LogP contribution in [0.3, 0.4) is 0 Å². The maximum atomic E-state index is 5.63. The van der Waals surface area contributed by atoms with Crippen LogP contribution in [0.2, 0.25) is 0 Å². The molecule has 1 aromatic rings. The topological polar surface area (TPSA) is 75.9 Å². The van der Waals surface area contributed by atoms with Gasteiger partial charge in [-0.3, -0.25) is 0 Å². The molecule has 1 heterocycles. The Balaban J connectivity index is 2.71. The van der Waals surface area contributed by atoms with Crippen molar-refractivity contribution in [2.75, 3.05) is 34.9 Å². The summed E-state index contributed by atoms with van der Waals surface area (Å²) in [6.45, 7) is 4.94. The molecular formula is C10H19N5S. The second kappa shape index (κ2) is 6.42. The van der Waals surface area contributed by atoms with Gasteiger partial charge in [0.05, 0.1) is 0 Å². The molecule has 0 radical (unpaired) electrons. The van der Waals surface area contributed by atoms with E-state index in [0.29, 0.717) is 6.04 Å². The van der Waals surface area contributed by atoms with Gasteiger partial charge in [-0.15, -0.1) is 0 Å². The van der Waals surface area contributed by atoms with E-state index in [1.165, 1.54) is 0 Å². The van der Waals surface area contributed by atoms with Gasteiger partial charge in [0.15, 0.2) is 0 Å². The molecule has 6 heteroatoms. The Kier molecular flexibility index (Phi) is 5.18. The number of thioether (sulfide) groups is 1. The predicted octanol–water partition coefficient (Wildman–Crippen LogP) is 1.65. The van der Waals surface area contributed by atoms with Crippen molar-refractivity contribution >= 4 is 29.3 Å². The van der Waals surface area contributed by atoms with E-state index in [2.05, 4.69) is 33.8 Å². The Morgan fingerprint density at radius 2 is 2.12 bits per heavy atom. The fourth-order valence-electron chi connectivity index (χ4n) is 1.36. The van der Waals surface area contributed by atoms with Gasteiger partial charge in [-0.1, -0.05) is 0 Å². The molecule has 0 saturated heterocycles. The zero-order valence-electron chi connectivity index (χ0n) is 9.95. The molecule has 1 atom stereocenters. The molecule has 90 valence electrons. The number of hydrogen-bond acceptors (Lipinski definition) is 6. The first-order valence-corrected chi connectivity index (χ1v) is 6.69. The van der Waals surface area contributed by atoms with Crippen LogP contribution in [0.15, 0.2) is 6.07 Å². The Morgan fingerprint density at radius 1 is 1.44 bits per heavy atom. The Hall–Kier alpha value is -1.17. The minimum absolute atomic E-state index is 0.289. The van der Waals surface area contributed by atoms with E-state index in [4.69, 9.17) is 5.73 Å². The van der Waals surface area contributed by atoms with Crippen LogP contribution < -0.4 is 16.4 Å². The number of nitrogens with zero attached hydrogens (tertiary/aromatic N) is 2. The van der Waals surface area contributed by atoms with Crippen LogP contribution in [0.1, 0.15) is 13.8 Å². The molecule has 0 amide bonds. The molecule has 0 saturated carbocycles. The summed E-state index contributed by atoms with van der Waals surface area (Å²) in [5.41, 5.74) is 5.63. The minimum Gasteiger partial charge on any atom is -0.370 e. The first kappa shape index (κ1) is 12.9. The molecule has 1 unspecified atom stereocenters. The van der Waals surface area contributed by atoms with Crippen LogP contribution in [0.25, 0.3) is 0 Å². The molecule has 5 nitrogen and oxygen atoms in total. The van der Waals surface area contributed by atoms with Gasteiger partial charge in [-0.2, -0.15) is 21.7 Å². The van der Waals surface area contributed by atoms with E-state index in [0.717, 1.165) is 23.9 Å². The van der Waals surface area contributed by atoms with E-state index < -0.39 is 0 Å². The molecule has 1 aromatic heterocycles. The van der Waals surface area contributed by atoms with E-state index >= 15 is 0 Å². The fourth-order valence-corrected chi connectivity index (χ4v) is 1.94. The van der Waals surface area contributed by atoms with Gasteiger partial charge in [0.25, 0.3) is 0 Å². The monoisotopic (exact) mass is 241 g/mol. The maximum absolute atomic E-state index is 5.63. The quantitative estimate of drug-likeness (QED) is 0.703. The second-order valence-electron chi connectivity index (χ2n) is 3.53. The van der Waals surface area contributed by atoms with Gasteiger partial charge in [-0.25, -0.2) is 0 Å². The van der Waals surface area contributed by atoms with Gasteiger partial charge >= 0.3 is 0 Å². The first-order valence-electron chi connectivity index (χ1n) is 5.29. The number of nitrogens with one attached hydrogen (secondary N) is 2. The molecule has 0 aliphatic rings. The zero-order chi connectivity index (χ0) is 12.0. The summed E-state index contributed by atoms with van der Waals surface area (Å²) in [4.78, 5) is 8.23. The minimum atomic E-state index is 0.289. The van der Waals surface area contributed by atoms with Crippen LogP contribution in [-0.4, -0.2) is 34.6 Å². The van der Waals surface area contributed by atoms with Crippen LogP contribution in [-0.2, 0) is 0 Å². The third-order valence-corrected chi connectivity index (χ3v) is 2.75. The number of hydrogen-bond donors (Lipinski definition) is 3. The van der Waals surface area contributed by atoms with Crippen molar-refractivity contribution in [2.24, 2.45) is 0 Å². The summed E-state index contributed by atoms with van der Waals surface area (Å²) in [5, 5.41) is 6.41. The molecule has 0 bridgehead atoms. The highest BCUT2D eigenvalue weighted by Gasteiger charge is 2.05. The molecule has 0 aliphatic carbocycles. The Bertz CT molecular complexity index is 331. The smallest absolute Gasteiger partial charge is 0.223 e. The van der Waals surface area contributed by atoms with Gasteiger partial charge in [0.2, 0.25) is 5.95 Å². The highest BCUT2D eigenvalue weighted by molar-refractivity contribution is 7.98. The lowest BCUT2D eigenvalue weighted by Gasteiger charge is -2.14. The number of nitrogens with two attached hydrogens (primary N) is 1. The molecule has 16 heavy (non-hydrogen) atoms. The van der Waals surface area contributed by atoms with Crippen molar-refractivity contribution in [3.8, 4) is 0 Å². The highest BCUT2D eigenvalue weighted by atomic mass is 32.2. The Labute approximate surface area is 101 Å². The summed E-state index contributed by atoms with van der Waals surface area (Å²) < 4.78 is 0. The third-order valence-electron chi connectivity index (χ3n) is 1.91.